The summed E-state index contributed by atoms with van der Waals surface area (Å²) >= 11 is 0. The molecule has 1 heterocycles. The molecule has 106 valence electrons. The first-order valence-corrected chi connectivity index (χ1v) is 6.85. The number of nitrogens with zero attached hydrogens (tertiary/aromatic N) is 1. The van der Waals surface area contributed by atoms with Crippen LogP contribution in [0.4, 0.5) is 0 Å². The number of likely N-dealkylation sites (tertiary alicyclic amines) is 1. The summed E-state index contributed by atoms with van der Waals surface area (Å²) in [5.74, 6) is 5.82. The van der Waals surface area contributed by atoms with Crippen LogP contribution in [0, 0.1) is 11.8 Å². The number of hydrogen-bond acceptors (Lipinski definition) is 3. The first-order valence-electron chi connectivity index (χ1n) is 6.85. The van der Waals surface area contributed by atoms with Crippen molar-refractivity contribution in [1.29, 1.82) is 0 Å². The smallest absolute Gasteiger partial charge is 0.253 e. The number of hydrogen-bond donors (Lipinski definition) is 1. The van der Waals surface area contributed by atoms with Gasteiger partial charge in [0.05, 0.1) is 12.6 Å². The Morgan fingerprint density at radius 3 is 2.55 bits per heavy atom. The summed E-state index contributed by atoms with van der Waals surface area (Å²) in [7, 11) is 1.73. The number of methoxy groups -OCH3 is 1. The first-order chi connectivity index (χ1) is 9.74. The third-order valence-corrected chi connectivity index (χ3v) is 3.53. The van der Waals surface area contributed by atoms with E-state index in [1.165, 1.54) is 0 Å². The molecule has 2 N–H and O–H groups in total. The number of piperidine rings is 1. The zero-order valence-corrected chi connectivity index (χ0v) is 11.8. The van der Waals surface area contributed by atoms with E-state index in [-0.39, 0.29) is 12.0 Å². The van der Waals surface area contributed by atoms with E-state index in [1.54, 1.807) is 7.11 Å². The van der Waals surface area contributed by atoms with Crippen LogP contribution in [0.15, 0.2) is 24.3 Å². The van der Waals surface area contributed by atoms with Crippen molar-refractivity contribution in [2.24, 2.45) is 5.73 Å². The second-order valence-corrected chi connectivity index (χ2v) is 4.81. The molecular formula is C16H20N2O2. The fourth-order valence-electron chi connectivity index (χ4n) is 2.33. The van der Waals surface area contributed by atoms with Crippen LogP contribution < -0.4 is 5.73 Å². The summed E-state index contributed by atoms with van der Waals surface area (Å²) in [6.07, 6.45) is 2.10. The quantitative estimate of drug-likeness (QED) is 0.824. The zero-order chi connectivity index (χ0) is 14.4. The Labute approximate surface area is 119 Å². The van der Waals surface area contributed by atoms with Crippen molar-refractivity contribution >= 4 is 5.91 Å². The van der Waals surface area contributed by atoms with Crippen LogP contribution in [-0.4, -0.2) is 43.7 Å². The van der Waals surface area contributed by atoms with Gasteiger partial charge in [-0.25, -0.2) is 0 Å². The molecule has 0 bridgehead atoms. The van der Waals surface area contributed by atoms with Crippen LogP contribution in [-0.2, 0) is 4.74 Å². The Bertz CT molecular complexity index is 506. The molecule has 1 amide bonds. The number of nitrogens with two attached hydrogens (primary N) is 1. The fourth-order valence-corrected chi connectivity index (χ4v) is 2.33. The Morgan fingerprint density at radius 1 is 1.35 bits per heavy atom. The fraction of sp³-hybridized carbons (Fsp3) is 0.438. The van der Waals surface area contributed by atoms with Crippen LogP contribution in [0.2, 0.25) is 0 Å². The molecule has 20 heavy (non-hydrogen) atoms. The largest absolute Gasteiger partial charge is 0.381 e. The molecule has 0 saturated carbocycles. The van der Waals surface area contributed by atoms with Crippen molar-refractivity contribution in [3.05, 3.63) is 35.4 Å². The van der Waals surface area contributed by atoms with Gasteiger partial charge < -0.3 is 15.4 Å². The summed E-state index contributed by atoms with van der Waals surface area (Å²) in [6, 6.07) is 7.37. The molecule has 1 fully saturated rings. The van der Waals surface area contributed by atoms with Crippen LogP contribution >= 0.6 is 0 Å². The van der Waals surface area contributed by atoms with E-state index in [1.807, 2.05) is 29.2 Å². The highest BCUT2D eigenvalue weighted by Crippen LogP contribution is 2.16. The van der Waals surface area contributed by atoms with E-state index in [0.717, 1.165) is 31.5 Å². The molecule has 0 aliphatic carbocycles. The first kappa shape index (κ1) is 14.6. The van der Waals surface area contributed by atoms with Crippen molar-refractivity contribution in [1.82, 2.24) is 4.90 Å². The van der Waals surface area contributed by atoms with Crippen LogP contribution in [0.3, 0.4) is 0 Å². The number of ether oxygens (including phenoxy) is 1. The zero-order valence-electron chi connectivity index (χ0n) is 11.8. The molecule has 1 aliphatic rings. The summed E-state index contributed by atoms with van der Waals surface area (Å²) in [5, 5.41) is 0. The topological polar surface area (TPSA) is 55.6 Å². The monoisotopic (exact) mass is 272 g/mol. The van der Waals surface area contributed by atoms with Gasteiger partial charge in [0, 0.05) is 31.3 Å². The van der Waals surface area contributed by atoms with Gasteiger partial charge >= 0.3 is 0 Å². The predicted molar refractivity (Wildman–Crippen MR) is 78.3 cm³/mol. The van der Waals surface area contributed by atoms with E-state index < -0.39 is 0 Å². The third kappa shape index (κ3) is 3.60. The highest BCUT2D eigenvalue weighted by atomic mass is 16.5. The van der Waals surface area contributed by atoms with Crippen LogP contribution in [0.1, 0.15) is 28.8 Å². The van der Waals surface area contributed by atoms with E-state index in [0.29, 0.717) is 12.1 Å². The second kappa shape index (κ2) is 7.09. The lowest BCUT2D eigenvalue weighted by Gasteiger charge is -2.31. The Morgan fingerprint density at radius 2 is 2.00 bits per heavy atom. The van der Waals surface area contributed by atoms with Crippen molar-refractivity contribution in [3.8, 4) is 11.8 Å². The van der Waals surface area contributed by atoms with Gasteiger partial charge in [0.2, 0.25) is 0 Å². The minimum absolute atomic E-state index is 0.0814. The maximum absolute atomic E-state index is 12.3. The van der Waals surface area contributed by atoms with Crippen molar-refractivity contribution in [3.63, 3.8) is 0 Å². The molecule has 0 spiro atoms. The van der Waals surface area contributed by atoms with E-state index in [9.17, 15) is 4.79 Å². The van der Waals surface area contributed by atoms with E-state index >= 15 is 0 Å². The molecule has 0 radical (unpaired) electrons. The Balaban J connectivity index is 1.99. The molecule has 4 heteroatoms. The second-order valence-electron chi connectivity index (χ2n) is 4.81. The van der Waals surface area contributed by atoms with E-state index in [4.69, 9.17) is 10.5 Å². The number of benzene rings is 1. The van der Waals surface area contributed by atoms with Gasteiger partial charge in [-0.3, -0.25) is 4.79 Å². The average Bonchev–Trinajstić information content (AvgIpc) is 2.53. The molecule has 1 aromatic carbocycles. The molecule has 1 aliphatic heterocycles. The van der Waals surface area contributed by atoms with Gasteiger partial charge in [0.25, 0.3) is 5.91 Å². The Kier molecular flexibility index (Phi) is 5.16. The molecular weight excluding hydrogens is 252 g/mol. The maximum atomic E-state index is 12.3. The normalized spacial score (nSPS) is 15.6. The SMILES string of the molecule is COC1CCN(C(=O)c2ccc(C#CCN)cc2)CC1. The molecule has 2 rings (SSSR count). The number of amides is 1. The van der Waals surface area contributed by atoms with Gasteiger partial charge in [-0.05, 0) is 37.1 Å². The lowest BCUT2D eigenvalue weighted by molar-refractivity contribution is 0.0351. The van der Waals surface area contributed by atoms with Gasteiger partial charge in [-0.2, -0.15) is 0 Å². The standard InChI is InChI=1S/C16H20N2O2/c1-20-15-8-11-18(12-9-15)16(19)14-6-4-13(5-7-14)3-2-10-17/h4-7,15H,8-12,17H2,1H3. The molecule has 0 atom stereocenters. The van der Waals surface area contributed by atoms with E-state index in [2.05, 4.69) is 11.8 Å². The number of rotatable bonds is 2. The molecule has 0 aromatic heterocycles. The van der Waals surface area contributed by atoms with Gasteiger partial charge in [0.1, 0.15) is 0 Å². The number of carbonyl (C=O) groups is 1. The maximum Gasteiger partial charge on any atom is 0.253 e. The van der Waals surface area contributed by atoms with Gasteiger partial charge in [-0.15, -0.1) is 0 Å². The summed E-state index contributed by atoms with van der Waals surface area (Å²) in [5.41, 5.74) is 6.92. The molecule has 4 nitrogen and oxygen atoms in total. The summed E-state index contributed by atoms with van der Waals surface area (Å²) < 4.78 is 5.31. The van der Waals surface area contributed by atoms with Crippen molar-refractivity contribution in [2.75, 3.05) is 26.7 Å². The molecule has 1 saturated heterocycles. The van der Waals surface area contributed by atoms with Gasteiger partial charge in [-0.1, -0.05) is 11.8 Å². The van der Waals surface area contributed by atoms with Crippen LogP contribution in [0.5, 0.6) is 0 Å². The minimum Gasteiger partial charge on any atom is -0.381 e. The average molecular weight is 272 g/mol. The van der Waals surface area contributed by atoms with Crippen LogP contribution in [0.25, 0.3) is 0 Å². The van der Waals surface area contributed by atoms with Crippen molar-refractivity contribution in [2.45, 2.75) is 18.9 Å². The number of carbonyl (C=O) groups excluding carboxylic acids is 1. The molecule has 0 unspecified atom stereocenters. The third-order valence-electron chi connectivity index (χ3n) is 3.53. The lowest BCUT2D eigenvalue weighted by Crippen LogP contribution is -2.40. The predicted octanol–water partition coefficient (Wildman–Crippen LogP) is 1.25. The highest BCUT2D eigenvalue weighted by molar-refractivity contribution is 5.94. The summed E-state index contributed by atoms with van der Waals surface area (Å²) in [6.45, 7) is 1.85. The lowest BCUT2D eigenvalue weighted by atomic mass is 10.1. The highest BCUT2D eigenvalue weighted by Gasteiger charge is 2.23. The minimum atomic E-state index is 0.0814. The van der Waals surface area contributed by atoms with Crippen molar-refractivity contribution < 1.29 is 9.53 Å². The molecule has 1 aromatic rings. The summed E-state index contributed by atoms with van der Waals surface area (Å²) in [4.78, 5) is 14.2. The Hall–Kier alpha value is -1.83. The van der Waals surface area contributed by atoms with Gasteiger partial charge in [0.15, 0.2) is 0 Å².